The summed E-state index contributed by atoms with van der Waals surface area (Å²) in [6.07, 6.45) is 4.45. The molecule has 0 aromatic heterocycles. The summed E-state index contributed by atoms with van der Waals surface area (Å²) in [7, 11) is 0. The van der Waals surface area contributed by atoms with E-state index in [0.717, 1.165) is 24.9 Å². The molecule has 1 unspecified atom stereocenters. The number of hydrogen-bond donors (Lipinski definition) is 1. The molecule has 0 bridgehead atoms. The molecule has 1 aromatic carbocycles. The summed E-state index contributed by atoms with van der Waals surface area (Å²) in [4.78, 5) is 0. The second kappa shape index (κ2) is 4.75. The molecule has 1 aliphatic rings. The van der Waals surface area contributed by atoms with Crippen molar-refractivity contribution in [2.45, 2.75) is 38.6 Å². The molecule has 1 nitrogen and oxygen atoms in total. The quantitative estimate of drug-likeness (QED) is 0.785. The Labute approximate surface area is 90.7 Å². The molecule has 1 N–H and O–H groups in total. The molecule has 1 heterocycles. The van der Waals surface area contributed by atoms with Crippen molar-refractivity contribution in [2.24, 2.45) is 0 Å². The first-order valence-corrected chi connectivity index (χ1v) is 5.83. The van der Waals surface area contributed by atoms with E-state index in [4.69, 9.17) is 0 Å². The van der Waals surface area contributed by atoms with Crippen LogP contribution in [0, 0.1) is 5.82 Å². The molecule has 1 aromatic rings. The molecule has 1 fully saturated rings. The van der Waals surface area contributed by atoms with Gasteiger partial charge in [0.2, 0.25) is 0 Å². The van der Waals surface area contributed by atoms with Crippen molar-refractivity contribution >= 4 is 0 Å². The molecule has 0 saturated carbocycles. The Morgan fingerprint density at radius 2 is 2.27 bits per heavy atom. The number of piperidine rings is 1. The van der Waals surface area contributed by atoms with Crippen molar-refractivity contribution < 1.29 is 4.39 Å². The second-order valence-electron chi connectivity index (χ2n) is 4.21. The SMILES string of the molecule is CCc1ccc(F)c(C2CCCCN2)c1. The van der Waals surface area contributed by atoms with Gasteiger partial charge >= 0.3 is 0 Å². The van der Waals surface area contributed by atoms with E-state index in [1.807, 2.05) is 12.1 Å². The molecule has 82 valence electrons. The maximum Gasteiger partial charge on any atom is 0.127 e. The van der Waals surface area contributed by atoms with Crippen molar-refractivity contribution in [1.29, 1.82) is 0 Å². The van der Waals surface area contributed by atoms with Crippen molar-refractivity contribution in [3.63, 3.8) is 0 Å². The highest BCUT2D eigenvalue weighted by Gasteiger charge is 2.18. The van der Waals surface area contributed by atoms with Crippen molar-refractivity contribution in [3.05, 3.63) is 35.1 Å². The van der Waals surface area contributed by atoms with E-state index in [1.165, 1.54) is 18.4 Å². The Kier molecular flexibility index (Phi) is 3.37. The van der Waals surface area contributed by atoms with Crippen LogP contribution >= 0.6 is 0 Å². The van der Waals surface area contributed by atoms with Gasteiger partial charge in [0.15, 0.2) is 0 Å². The van der Waals surface area contributed by atoms with Crippen LogP contribution in [-0.4, -0.2) is 6.54 Å². The van der Waals surface area contributed by atoms with Crippen LogP contribution in [0.4, 0.5) is 4.39 Å². The summed E-state index contributed by atoms with van der Waals surface area (Å²) >= 11 is 0. The van der Waals surface area contributed by atoms with E-state index in [9.17, 15) is 4.39 Å². The number of aryl methyl sites for hydroxylation is 1. The monoisotopic (exact) mass is 207 g/mol. The lowest BCUT2D eigenvalue weighted by atomic mass is 9.95. The van der Waals surface area contributed by atoms with Crippen LogP contribution in [0.15, 0.2) is 18.2 Å². The average molecular weight is 207 g/mol. The molecular formula is C13H18FN. The average Bonchev–Trinajstić information content (AvgIpc) is 2.31. The third-order valence-corrected chi connectivity index (χ3v) is 3.15. The van der Waals surface area contributed by atoms with E-state index in [0.29, 0.717) is 0 Å². The largest absolute Gasteiger partial charge is 0.310 e. The second-order valence-corrected chi connectivity index (χ2v) is 4.21. The lowest BCUT2D eigenvalue weighted by Crippen LogP contribution is -2.27. The molecular weight excluding hydrogens is 189 g/mol. The Balaban J connectivity index is 2.24. The van der Waals surface area contributed by atoms with Gasteiger partial charge in [-0.3, -0.25) is 0 Å². The Morgan fingerprint density at radius 3 is 2.93 bits per heavy atom. The minimum Gasteiger partial charge on any atom is -0.310 e. The third kappa shape index (κ3) is 2.37. The fourth-order valence-corrected chi connectivity index (χ4v) is 2.20. The maximum absolute atomic E-state index is 13.7. The first-order chi connectivity index (χ1) is 7.31. The van der Waals surface area contributed by atoms with Gasteiger partial charge in [-0.2, -0.15) is 0 Å². The van der Waals surface area contributed by atoms with Gasteiger partial charge in [0.1, 0.15) is 5.82 Å². The summed E-state index contributed by atoms with van der Waals surface area (Å²) in [5, 5.41) is 3.39. The molecule has 0 spiro atoms. The number of rotatable bonds is 2. The van der Waals surface area contributed by atoms with Gasteiger partial charge < -0.3 is 5.32 Å². The molecule has 0 radical (unpaired) electrons. The van der Waals surface area contributed by atoms with Crippen LogP contribution < -0.4 is 5.32 Å². The van der Waals surface area contributed by atoms with Crippen molar-refractivity contribution in [3.8, 4) is 0 Å². The molecule has 15 heavy (non-hydrogen) atoms. The number of benzene rings is 1. The summed E-state index contributed by atoms with van der Waals surface area (Å²) < 4.78 is 13.7. The number of nitrogens with one attached hydrogen (secondary N) is 1. The smallest absolute Gasteiger partial charge is 0.127 e. The van der Waals surface area contributed by atoms with Gasteiger partial charge in [-0.15, -0.1) is 0 Å². The topological polar surface area (TPSA) is 12.0 Å². The summed E-state index contributed by atoms with van der Waals surface area (Å²) in [6, 6.07) is 5.72. The zero-order chi connectivity index (χ0) is 10.7. The minimum absolute atomic E-state index is 0.0633. The van der Waals surface area contributed by atoms with E-state index < -0.39 is 0 Å². The van der Waals surface area contributed by atoms with Crippen LogP contribution in [0.25, 0.3) is 0 Å². The van der Waals surface area contributed by atoms with Gasteiger partial charge in [-0.05, 0) is 37.4 Å². The summed E-state index contributed by atoms with van der Waals surface area (Å²) in [5.41, 5.74) is 2.08. The fourth-order valence-electron chi connectivity index (χ4n) is 2.20. The third-order valence-electron chi connectivity index (χ3n) is 3.15. The molecule has 2 heteroatoms. The predicted molar refractivity (Wildman–Crippen MR) is 60.4 cm³/mol. The zero-order valence-electron chi connectivity index (χ0n) is 9.22. The van der Waals surface area contributed by atoms with Gasteiger partial charge in [0, 0.05) is 11.6 Å². The van der Waals surface area contributed by atoms with E-state index >= 15 is 0 Å². The Hall–Kier alpha value is -0.890. The molecule has 1 saturated heterocycles. The fraction of sp³-hybridized carbons (Fsp3) is 0.538. The van der Waals surface area contributed by atoms with Crippen LogP contribution in [0.2, 0.25) is 0 Å². The highest BCUT2D eigenvalue weighted by Crippen LogP contribution is 2.26. The summed E-state index contributed by atoms with van der Waals surface area (Å²) in [5.74, 6) is -0.0633. The first-order valence-electron chi connectivity index (χ1n) is 5.83. The van der Waals surface area contributed by atoms with Gasteiger partial charge in [0.25, 0.3) is 0 Å². The van der Waals surface area contributed by atoms with Crippen molar-refractivity contribution in [1.82, 2.24) is 5.32 Å². The molecule has 2 rings (SSSR count). The van der Waals surface area contributed by atoms with Crippen LogP contribution in [0.5, 0.6) is 0 Å². The summed E-state index contributed by atoms with van der Waals surface area (Å²) in [6.45, 7) is 3.12. The minimum atomic E-state index is -0.0633. The highest BCUT2D eigenvalue weighted by molar-refractivity contribution is 5.28. The molecule has 0 aliphatic carbocycles. The van der Waals surface area contributed by atoms with Crippen LogP contribution in [-0.2, 0) is 6.42 Å². The van der Waals surface area contributed by atoms with E-state index in [1.54, 1.807) is 6.07 Å². The van der Waals surface area contributed by atoms with Gasteiger partial charge in [0.05, 0.1) is 0 Å². The van der Waals surface area contributed by atoms with Crippen molar-refractivity contribution in [2.75, 3.05) is 6.54 Å². The lowest BCUT2D eigenvalue weighted by molar-refractivity contribution is 0.399. The Bertz CT molecular complexity index is 329. The van der Waals surface area contributed by atoms with E-state index in [2.05, 4.69) is 12.2 Å². The molecule has 0 amide bonds. The highest BCUT2D eigenvalue weighted by atomic mass is 19.1. The normalized spacial score (nSPS) is 21.6. The van der Waals surface area contributed by atoms with Crippen LogP contribution in [0.1, 0.15) is 43.4 Å². The number of halogens is 1. The molecule has 1 aliphatic heterocycles. The van der Waals surface area contributed by atoms with Crippen LogP contribution in [0.3, 0.4) is 0 Å². The first kappa shape index (κ1) is 10.6. The standard InChI is InChI=1S/C13H18FN/c1-2-10-6-7-12(14)11(9-10)13-5-3-4-8-15-13/h6-7,9,13,15H,2-5,8H2,1H3. The zero-order valence-corrected chi connectivity index (χ0v) is 9.22. The van der Waals surface area contributed by atoms with Gasteiger partial charge in [-0.1, -0.05) is 25.5 Å². The maximum atomic E-state index is 13.7. The predicted octanol–water partition coefficient (Wildman–Crippen LogP) is 3.20. The van der Waals surface area contributed by atoms with E-state index in [-0.39, 0.29) is 11.9 Å². The molecule has 1 atom stereocenters. The number of hydrogen-bond acceptors (Lipinski definition) is 1. The van der Waals surface area contributed by atoms with Gasteiger partial charge in [-0.25, -0.2) is 4.39 Å². The lowest BCUT2D eigenvalue weighted by Gasteiger charge is -2.24. The Morgan fingerprint density at radius 1 is 1.40 bits per heavy atom.